The Kier molecular flexibility index (Phi) is 8.09. The molecule has 28 heavy (non-hydrogen) atoms. The maximum Gasteiger partial charge on any atom is 0.127 e. The van der Waals surface area contributed by atoms with Crippen LogP contribution in [0, 0.1) is 11.7 Å². The van der Waals surface area contributed by atoms with Crippen molar-refractivity contribution in [2.24, 2.45) is 5.92 Å². The molecule has 0 amide bonds. The SMILES string of the molecule is CCCCCC1CCC(c2ccc(-c3ccc(CCCO)c(F)c3)cc2)CC1. The highest BCUT2D eigenvalue weighted by molar-refractivity contribution is 5.64. The molecule has 0 spiro atoms. The molecule has 2 aromatic carbocycles. The lowest BCUT2D eigenvalue weighted by molar-refractivity contribution is 0.288. The van der Waals surface area contributed by atoms with Gasteiger partial charge in [0.15, 0.2) is 0 Å². The number of aliphatic hydroxyl groups is 1. The van der Waals surface area contributed by atoms with Gasteiger partial charge in [0.25, 0.3) is 0 Å². The summed E-state index contributed by atoms with van der Waals surface area (Å²) in [6, 6.07) is 14.3. The molecule has 1 fully saturated rings. The van der Waals surface area contributed by atoms with E-state index in [2.05, 4.69) is 31.2 Å². The Bertz CT molecular complexity index is 714. The highest BCUT2D eigenvalue weighted by Crippen LogP contribution is 2.38. The molecule has 1 aliphatic carbocycles. The summed E-state index contributed by atoms with van der Waals surface area (Å²) in [5, 5.41) is 8.92. The molecule has 0 atom stereocenters. The van der Waals surface area contributed by atoms with Crippen LogP contribution in [0.5, 0.6) is 0 Å². The van der Waals surface area contributed by atoms with Gasteiger partial charge < -0.3 is 5.11 Å². The lowest BCUT2D eigenvalue weighted by Gasteiger charge is -2.29. The average molecular weight is 383 g/mol. The minimum Gasteiger partial charge on any atom is -0.396 e. The molecule has 3 rings (SSSR count). The third-order valence-electron chi connectivity index (χ3n) is 6.44. The third-order valence-corrected chi connectivity index (χ3v) is 6.44. The monoisotopic (exact) mass is 382 g/mol. The van der Waals surface area contributed by atoms with Gasteiger partial charge in [0.2, 0.25) is 0 Å². The zero-order chi connectivity index (χ0) is 19.8. The summed E-state index contributed by atoms with van der Waals surface area (Å²) >= 11 is 0. The lowest BCUT2D eigenvalue weighted by Crippen LogP contribution is -2.13. The van der Waals surface area contributed by atoms with E-state index in [0.717, 1.165) is 17.0 Å². The zero-order valence-electron chi connectivity index (χ0n) is 17.3. The fourth-order valence-electron chi connectivity index (χ4n) is 4.61. The molecule has 0 saturated heterocycles. The molecule has 1 N–H and O–H groups in total. The van der Waals surface area contributed by atoms with Gasteiger partial charge in [0.05, 0.1) is 0 Å². The molecule has 0 radical (unpaired) electrons. The molecule has 0 heterocycles. The van der Waals surface area contributed by atoms with E-state index in [1.165, 1.54) is 56.9 Å². The van der Waals surface area contributed by atoms with E-state index in [1.54, 1.807) is 6.07 Å². The second-order valence-corrected chi connectivity index (χ2v) is 8.47. The Labute approximate surface area is 170 Å². The van der Waals surface area contributed by atoms with Crippen molar-refractivity contribution in [2.75, 3.05) is 6.61 Å². The number of hydrogen-bond acceptors (Lipinski definition) is 1. The van der Waals surface area contributed by atoms with Crippen molar-refractivity contribution in [3.8, 4) is 11.1 Å². The van der Waals surface area contributed by atoms with Gasteiger partial charge in [-0.2, -0.15) is 0 Å². The number of aliphatic hydroxyl groups excluding tert-OH is 1. The molecule has 1 aliphatic rings. The van der Waals surface area contributed by atoms with Crippen molar-refractivity contribution >= 4 is 0 Å². The van der Waals surface area contributed by atoms with Crippen LogP contribution < -0.4 is 0 Å². The summed E-state index contributed by atoms with van der Waals surface area (Å²) in [6.07, 6.45) is 12.1. The molecule has 2 aromatic rings. The van der Waals surface area contributed by atoms with E-state index in [-0.39, 0.29) is 12.4 Å². The van der Waals surface area contributed by atoms with Crippen LogP contribution in [0.1, 0.15) is 81.8 Å². The molecular formula is C26H35FO. The number of hydrogen-bond donors (Lipinski definition) is 1. The maximum atomic E-state index is 14.3. The fraction of sp³-hybridized carbons (Fsp3) is 0.538. The topological polar surface area (TPSA) is 20.2 Å². The smallest absolute Gasteiger partial charge is 0.127 e. The molecule has 0 aliphatic heterocycles. The third kappa shape index (κ3) is 5.67. The quantitative estimate of drug-likeness (QED) is 0.452. The number of unbranched alkanes of at least 4 members (excludes halogenated alkanes) is 2. The highest BCUT2D eigenvalue weighted by atomic mass is 19.1. The van der Waals surface area contributed by atoms with E-state index in [9.17, 15) is 4.39 Å². The summed E-state index contributed by atoms with van der Waals surface area (Å²) in [5.74, 6) is 1.46. The van der Waals surface area contributed by atoms with Gasteiger partial charge in [-0.05, 0) is 78.7 Å². The van der Waals surface area contributed by atoms with Crippen molar-refractivity contribution in [3.63, 3.8) is 0 Å². The van der Waals surface area contributed by atoms with Crippen LogP contribution in [0.15, 0.2) is 42.5 Å². The predicted molar refractivity (Wildman–Crippen MR) is 116 cm³/mol. The summed E-state index contributed by atoms with van der Waals surface area (Å²) in [5.41, 5.74) is 4.13. The van der Waals surface area contributed by atoms with Crippen molar-refractivity contribution in [1.82, 2.24) is 0 Å². The second-order valence-electron chi connectivity index (χ2n) is 8.47. The van der Waals surface area contributed by atoms with Gasteiger partial charge in [-0.15, -0.1) is 0 Å². The predicted octanol–water partition coefficient (Wildman–Crippen LogP) is 7.27. The molecule has 0 bridgehead atoms. The van der Waals surface area contributed by atoms with Crippen LogP contribution in [0.25, 0.3) is 11.1 Å². The average Bonchev–Trinajstić information content (AvgIpc) is 2.74. The van der Waals surface area contributed by atoms with E-state index >= 15 is 0 Å². The Morgan fingerprint density at radius 3 is 2.25 bits per heavy atom. The molecular weight excluding hydrogens is 347 g/mol. The maximum absolute atomic E-state index is 14.3. The number of rotatable bonds is 9. The van der Waals surface area contributed by atoms with Gasteiger partial charge in [0, 0.05) is 6.61 Å². The van der Waals surface area contributed by atoms with Crippen LogP contribution in [-0.2, 0) is 6.42 Å². The fourth-order valence-corrected chi connectivity index (χ4v) is 4.61. The van der Waals surface area contributed by atoms with Crippen LogP contribution in [-0.4, -0.2) is 11.7 Å². The highest BCUT2D eigenvalue weighted by Gasteiger charge is 2.22. The number of benzene rings is 2. The van der Waals surface area contributed by atoms with E-state index in [0.29, 0.717) is 24.3 Å². The number of aryl methyl sites for hydroxylation is 1. The largest absolute Gasteiger partial charge is 0.396 e. The minimum atomic E-state index is -0.170. The van der Waals surface area contributed by atoms with Crippen LogP contribution in [0.4, 0.5) is 4.39 Å². The zero-order valence-corrected chi connectivity index (χ0v) is 17.3. The first kappa shape index (κ1) is 21.0. The molecule has 1 nitrogen and oxygen atoms in total. The van der Waals surface area contributed by atoms with Crippen LogP contribution in [0.2, 0.25) is 0 Å². The summed E-state index contributed by atoms with van der Waals surface area (Å²) in [4.78, 5) is 0. The van der Waals surface area contributed by atoms with Crippen molar-refractivity contribution in [3.05, 3.63) is 59.4 Å². The Balaban J connectivity index is 1.57. The van der Waals surface area contributed by atoms with Gasteiger partial charge in [-0.3, -0.25) is 0 Å². The molecule has 0 unspecified atom stereocenters. The van der Waals surface area contributed by atoms with Gasteiger partial charge >= 0.3 is 0 Å². The normalized spacial score (nSPS) is 19.7. The molecule has 0 aromatic heterocycles. The molecule has 152 valence electrons. The Hall–Kier alpha value is -1.67. The van der Waals surface area contributed by atoms with Gasteiger partial charge in [-0.1, -0.05) is 69.0 Å². The summed E-state index contributed by atoms with van der Waals surface area (Å²) < 4.78 is 14.3. The van der Waals surface area contributed by atoms with Crippen molar-refractivity contribution in [1.29, 1.82) is 0 Å². The van der Waals surface area contributed by atoms with E-state index < -0.39 is 0 Å². The lowest BCUT2D eigenvalue weighted by atomic mass is 9.77. The first-order valence-electron chi connectivity index (χ1n) is 11.2. The van der Waals surface area contributed by atoms with Crippen molar-refractivity contribution in [2.45, 2.75) is 77.0 Å². The minimum absolute atomic E-state index is 0.101. The van der Waals surface area contributed by atoms with E-state index in [1.807, 2.05) is 12.1 Å². The van der Waals surface area contributed by atoms with E-state index in [4.69, 9.17) is 5.11 Å². The van der Waals surface area contributed by atoms with Gasteiger partial charge in [0.1, 0.15) is 5.82 Å². The second kappa shape index (κ2) is 10.8. The standard InChI is InChI=1S/C26H35FO/c1-2-3-4-6-20-8-10-21(11-9-20)22-12-14-23(15-13-22)25-17-16-24(7-5-18-28)26(27)19-25/h12-17,19-21,28H,2-11,18H2,1H3. The van der Waals surface area contributed by atoms with Crippen LogP contribution in [0.3, 0.4) is 0 Å². The Morgan fingerprint density at radius 2 is 1.61 bits per heavy atom. The first-order chi connectivity index (χ1) is 13.7. The number of halogens is 1. The summed E-state index contributed by atoms with van der Waals surface area (Å²) in [7, 11) is 0. The van der Waals surface area contributed by atoms with Crippen molar-refractivity contribution < 1.29 is 9.50 Å². The van der Waals surface area contributed by atoms with Crippen LogP contribution >= 0.6 is 0 Å². The molecule has 1 saturated carbocycles. The summed E-state index contributed by atoms with van der Waals surface area (Å²) in [6.45, 7) is 2.38. The first-order valence-corrected chi connectivity index (χ1v) is 11.2. The Morgan fingerprint density at radius 1 is 0.893 bits per heavy atom. The van der Waals surface area contributed by atoms with Gasteiger partial charge in [-0.25, -0.2) is 4.39 Å². The molecule has 2 heteroatoms.